The van der Waals surface area contributed by atoms with E-state index >= 15 is 0 Å². The number of aromatic nitrogens is 1. The van der Waals surface area contributed by atoms with Crippen molar-refractivity contribution < 1.29 is 13.2 Å². The van der Waals surface area contributed by atoms with Crippen LogP contribution in [0.25, 0.3) is 10.9 Å². The fourth-order valence-electron chi connectivity index (χ4n) is 3.49. The number of benzene rings is 3. The Morgan fingerprint density at radius 3 is 2.37 bits per heavy atom. The van der Waals surface area contributed by atoms with E-state index in [4.69, 9.17) is 0 Å². The summed E-state index contributed by atoms with van der Waals surface area (Å²) in [7, 11) is -3.37. The predicted octanol–water partition coefficient (Wildman–Crippen LogP) is 4.65. The van der Waals surface area contributed by atoms with Crippen molar-refractivity contribution in [3.63, 3.8) is 0 Å². The molecule has 4 aromatic rings. The molecule has 0 fully saturated rings. The summed E-state index contributed by atoms with van der Waals surface area (Å²) in [6.45, 7) is 2.39. The van der Waals surface area contributed by atoms with E-state index in [-0.39, 0.29) is 10.8 Å². The number of anilines is 1. The monoisotopic (exact) mass is 418 g/mol. The third-order valence-electron chi connectivity index (χ3n) is 5.11. The van der Waals surface area contributed by atoms with Crippen LogP contribution in [0.3, 0.4) is 0 Å². The summed E-state index contributed by atoms with van der Waals surface area (Å²) in [5.41, 5.74) is 3.85. The zero-order valence-corrected chi connectivity index (χ0v) is 17.6. The van der Waals surface area contributed by atoms with E-state index in [9.17, 15) is 13.2 Å². The van der Waals surface area contributed by atoms with Crippen molar-refractivity contribution >= 4 is 32.3 Å². The van der Waals surface area contributed by atoms with Crippen LogP contribution in [-0.2, 0) is 16.4 Å². The Balaban J connectivity index is 1.75. The number of aryl methyl sites for hydroxylation is 1. The number of hydrogen-bond acceptors (Lipinski definition) is 3. The maximum Gasteiger partial charge on any atom is 0.272 e. The van der Waals surface area contributed by atoms with E-state index in [0.29, 0.717) is 17.9 Å². The van der Waals surface area contributed by atoms with Gasteiger partial charge in [-0.1, -0.05) is 54.6 Å². The second-order valence-electron chi connectivity index (χ2n) is 7.36. The third kappa shape index (κ3) is 4.00. The van der Waals surface area contributed by atoms with Crippen molar-refractivity contribution in [1.82, 2.24) is 4.57 Å². The van der Waals surface area contributed by atoms with Crippen LogP contribution < -0.4 is 5.32 Å². The number of carbonyl (C=O) groups excluding carboxylic acids is 1. The van der Waals surface area contributed by atoms with Gasteiger partial charge in [0.25, 0.3) is 5.91 Å². The lowest BCUT2D eigenvalue weighted by Gasteiger charge is -2.13. The van der Waals surface area contributed by atoms with Gasteiger partial charge in [0, 0.05) is 29.4 Å². The summed E-state index contributed by atoms with van der Waals surface area (Å²) in [5, 5.41) is 3.87. The molecule has 4 rings (SSSR count). The van der Waals surface area contributed by atoms with Crippen molar-refractivity contribution in [2.24, 2.45) is 0 Å². The lowest BCUT2D eigenvalue weighted by molar-refractivity contribution is 0.101. The lowest BCUT2D eigenvalue weighted by atomic mass is 10.2. The third-order valence-corrected chi connectivity index (χ3v) is 6.22. The summed E-state index contributed by atoms with van der Waals surface area (Å²) >= 11 is 0. The molecule has 1 N–H and O–H groups in total. The molecular formula is C24H22N2O3S. The Hall–Kier alpha value is -3.38. The number of sulfone groups is 1. The molecule has 0 bridgehead atoms. The van der Waals surface area contributed by atoms with E-state index in [0.717, 1.165) is 28.3 Å². The van der Waals surface area contributed by atoms with Gasteiger partial charge in [-0.15, -0.1) is 0 Å². The van der Waals surface area contributed by atoms with Gasteiger partial charge in [-0.25, -0.2) is 8.42 Å². The van der Waals surface area contributed by atoms with E-state index in [2.05, 4.69) is 5.32 Å². The summed E-state index contributed by atoms with van der Waals surface area (Å²) < 4.78 is 25.8. The van der Waals surface area contributed by atoms with Crippen LogP contribution in [0, 0.1) is 6.92 Å². The molecule has 0 aliphatic heterocycles. The standard InChI is InChI=1S/C24H22N2O3S/c1-17-12-13-20(30(2,28)29)15-21(17)25-24(27)23-14-19-10-6-7-11-22(19)26(23)16-18-8-4-3-5-9-18/h3-15H,16H2,1-2H3,(H,25,27). The highest BCUT2D eigenvalue weighted by Crippen LogP contribution is 2.24. The molecule has 0 aliphatic rings. The molecule has 5 nitrogen and oxygen atoms in total. The molecule has 0 atom stereocenters. The van der Waals surface area contributed by atoms with Crippen LogP contribution in [0.1, 0.15) is 21.6 Å². The maximum absolute atomic E-state index is 13.2. The van der Waals surface area contributed by atoms with Crippen LogP contribution in [-0.4, -0.2) is 25.1 Å². The van der Waals surface area contributed by atoms with Crippen LogP contribution >= 0.6 is 0 Å². The number of nitrogens with one attached hydrogen (secondary N) is 1. The summed E-state index contributed by atoms with van der Waals surface area (Å²) in [6.07, 6.45) is 1.15. The number of rotatable bonds is 5. The summed E-state index contributed by atoms with van der Waals surface area (Å²) in [6, 6.07) is 24.4. The van der Waals surface area contributed by atoms with Gasteiger partial charge in [0.1, 0.15) is 5.69 Å². The van der Waals surface area contributed by atoms with Crippen molar-refractivity contribution in [3.05, 3.63) is 95.7 Å². The van der Waals surface area contributed by atoms with E-state index in [1.807, 2.05) is 72.2 Å². The Morgan fingerprint density at radius 2 is 1.63 bits per heavy atom. The number of amides is 1. The largest absolute Gasteiger partial charge is 0.332 e. The van der Waals surface area contributed by atoms with Gasteiger partial charge in [-0.05, 0) is 42.3 Å². The molecular weight excluding hydrogens is 396 g/mol. The van der Waals surface area contributed by atoms with Crippen LogP contribution in [0.5, 0.6) is 0 Å². The lowest BCUT2D eigenvalue weighted by Crippen LogP contribution is -2.18. The van der Waals surface area contributed by atoms with Gasteiger partial charge in [-0.3, -0.25) is 4.79 Å². The first-order valence-electron chi connectivity index (χ1n) is 9.57. The fourth-order valence-corrected chi connectivity index (χ4v) is 4.13. The van der Waals surface area contributed by atoms with Crippen LogP contribution in [0.2, 0.25) is 0 Å². The normalized spacial score (nSPS) is 11.5. The molecule has 0 saturated carbocycles. The smallest absolute Gasteiger partial charge is 0.272 e. The van der Waals surface area contributed by atoms with E-state index < -0.39 is 9.84 Å². The highest BCUT2D eigenvalue weighted by molar-refractivity contribution is 7.90. The first-order valence-corrected chi connectivity index (χ1v) is 11.5. The zero-order chi connectivity index (χ0) is 21.3. The van der Waals surface area contributed by atoms with Gasteiger partial charge in [0.05, 0.1) is 4.90 Å². The number of carbonyl (C=O) groups is 1. The van der Waals surface area contributed by atoms with Crippen LogP contribution in [0.15, 0.2) is 83.8 Å². The molecule has 152 valence electrons. The average molecular weight is 419 g/mol. The van der Waals surface area contributed by atoms with Crippen molar-refractivity contribution in [3.8, 4) is 0 Å². The zero-order valence-electron chi connectivity index (χ0n) is 16.8. The minimum absolute atomic E-state index is 0.174. The predicted molar refractivity (Wildman–Crippen MR) is 120 cm³/mol. The topological polar surface area (TPSA) is 68.2 Å². The second-order valence-corrected chi connectivity index (χ2v) is 9.38. The first kappa shape index (κ1) is 19.9. The number of hydrogen-bond donors (Lipinski definition) is 1. The van der Waals surface area contributed by atoms with Crippen LogP contribution in [0.4, 0.5) is 5.69 Å². The molecule has 1 amide bonds. The number of fused-ring (bicyclic) bond motifs is 1. The number of nitrogens with zero attached hydrogens (tertiary/aromatic N) is 1. The van der Waals surface area contributed by atoms with Crippen molar-refractivity contribution in [2.75, 3.05) is 11.6 Å². The molecule has 30 heavy (non-hydrogen) atoms. The highest BCUT2D eigenvalue weighted by Gasteiger charge is 2.18. The Kier molecular flexibility index (Phi) is 5.18. The SMILES string of the molecule is Cc1ccc(S(C)(=O)=O)cc1NC(=O)c1cc2ccccc2n1Cc1ccccc1. The molecule has 3 aromatic carbocycles. The molecule has 1 heterocycles. The van der Waals surface area contributed by atoms with E-state index in [1.165, 1.54) is 6.07 Å². The fraction of sp³-hybridized carbons (Fsp3) is 0.125. The minimum Gasteiger partial charge on any atom is -0.332 e. The van der Waals surface area contributed by atoms with Crippen molar-refractivity contribution in [2.45, 2.75) is 18.4 Å². The van der Waals surface area contributed by atoms with E-state index in [1.54, 1.807) is 12.1 Å². The van der Waals surface area contributed by atoms with Gasteiger partial charge >= 0.3 is 0 Å². The molecule has 6 heteroatoms. The molecule has 0 saturated heterocycles. The van der Waals surface area contributed by atoms with Gasteiger partial charge in [-0.2, -0.15) is 0 Å². The average Bonchev–Trinajstić information content (AvgIpc) is 3.08. The molecule has 0 unspecified atom stereocenters. The summed E-state index contributed by atoms with van der Waals surface area (Å²) in [4.78, 5) is 13.4. The van der Waals surface area contributed by atoms with Crippen molar-refractivity contribution in [1.29, 1.82) is 0 Å². The van der Waals surface area contributed by atoms with Gasteiger partial charge < -0.3 is 9.88 Å². The Labute approximate surface area is 175 Å². The maximum atomic E-state index is 13.2. The Morgan fingerprint density at radius 1 is 0.933 bits per heavy atom. The molecule has 1 aromatic heterocycles. The summed E-state index contributed by atoms with van der Waals surface area (Å²) in [5.74, 6) is -0.282. The quantitative estimate of drug-likeness (QED) is 0.513. The highest BCUT2D eigenvalue weighted by atomic mass is 32.2. The molecule has 0 spiro atoms. The molecule has 0 radical (unpaired) electrons. The molecule has 0 aliphatic carbocycles. The minimum atomic E-state index is -3.37. The first-order chi connectivity index (χ1) is 14.3. The van der Waals surface area contributed by atoms with Gasteiger partial charge in [0.2, 0.25) is 0 Å². The number of para-hydroxylation sites is 1. The van der Waals surface area contributed by atoms with Gasteiger partial charge in [0.15, 0.2) is 9.84 Å². The Bertz CT molecular complexity index is 1340. The second kappa shape index (κ2) is 7.80.